The van der Waals surface area contributed by atoms with Gasteiger partial charge in [-0.3, -0.25) is 0 Å². The first-order valence-corrected chi connectivity index (χ1v) is 7.98. The predicted molar refractivity (Wildman–Crippen MR) is 82.9 cm³/mol. The fraction of sp³-hybridized carbons (Fsp3) is 0.667. The lowest BCUT2D eigenvalue weighted by Crippen LogP contribution is -2.31. The van der Waals surface area contributed by atoms with E-state index in [1.807, 2.05) is 4.52 Å². The van der Waals surface area contributed by atoms with Crippen molar-refractivity contribution in [1.82, 2.24) is 19.6 Å². The molecule has 4 heterocycles. The first kappa shape index (κ1) is 12.9. The normalized spacial score (nSPS) is 26.2. The highest BCUT2D eigenvalue weighted by Crippen LogP contribution is 2.30. The summed E-state index contributed by atoms with van der Waals surface area (Å²) in [7, 11) is 0. The summed E-state index contributed by atoms with van der Waals surface area (Å²) in [6, 6.07) is 3.32. The van der Waals surface area contributed by atoms with Crippen LogP contribution < -0.4 is 9.80 Å². The summed E-state index contributed by atoms with van der Waals surface area (Å²) in [6.07, 6.45) is 6.58. The van der Waals surface area contributed by atoms with Crippen LogP contribution >= 0.6 is 0 Å². The van der Waals surface area contributed by atoms with Crippen LogP contribution in [-0.4, -0.2) is 44.8 Å². The van der Waals surface area contributed by atoms with Crippen molar-refractivity contribution >= 4 is 17.4 Å². The molecule has 4 rings (SSSR count). The molecule has 0 saturated carbocycles. The summed E-state index contributed by atoms with van der Waals surface area (Å²) in [5.41, 5.74) is 0. The molecule has 0 amide bonds. The second-order valence-corrected chi connectivity index (χ2v) is 6.31. The maximum absolute atomic E-state index is 4.71. The zero-order valence-electron chi connectivity index (χ0n) is 12.7. The Morgan fingerprint density at radius 1 is 1.05 bits per heavy atom. The van der Waals surface area contributed by atoms with Crippen LogP contribution in [0.4, 0.5) is 11.6 Å². The minimum Gasteiger partial charge on any atom is -0.354 e. The number of rotatable bonds is 2. The molecule has 2 aliphatic rings. The average molecular weight is 286 g/mol. The standard InChI is InChI=1S/C15H22N6/c1-11-5-3-7-19(11)13-9-14(20-8-4-6-12(20)2)21-15(18-13)16-10-17-21/h9-12H,3-8H2,1-2H3/t11-,12-/m1/s1. The molecular formula is C15H22N6. The topological polar surface area (TPSA) is 49.6 Å². The van der Waals surface area contributed by atoms with Crippen LogP contribution in [0.5, 0.6) is 0 Å². The van der Waals surface area contributed by atoms with Crippen LogP contribution in [0.2, 0.25) is 0 Å². The molecule has 6 nitrogen and oxygen atoms in total. The van der Waals surface area contributed by atoms with Gasteiger partial charge in [-0.2, -0.15) is 19.6 Å². The number of nitrogens with zero attached hydrogens (tertiary/aromatic N) is 6. The van der Waals surface area contributed by atoms with Crippen molar-refractivity contribution in [2.45, 2.75) is 51.6 Å². The molecule has 0 aromatic carbocycles. The highest BCUT2D eigenvalue weighted by molar-refractivity contribution is 5.58. The van der Waals surface area contributed by atoms with Gasteiger partial charge in [0.25, 0.3) is 5.78 Å². The number of hydrogen-bond donors (Lipinski definition) is 0. The van der Waals surface area contributed by atoms with Crippen LogP contribution in [0.3, 0.4) is 0 Å². The molecule has 2 aromatic rings. The lowest BCUT2D eigenvalue weighted by atomic mass is 10.2. The van der Waals surface area contributed by atoms with E-state index in [0.717, 1.165) is 24.7 Å². The second-order valence-electron chi connectivity index (χ2n) is 6.31. The van der Waals surface area contributed by atoms with Crippen LogP contribution in [0, 0.1) is 0 Å². The minimum atomic E-state index is 0.559. The smallest absolute Gasteiger partial charge is 0.256 e. The highest BCUT2D eigenvalue weighted by atomic mass is 15.4. The van der Waals surface area contributed by atoms with Crippen molar-refractivity contribution in [3.63, 3.8) is 0 Å². The van der Waals surface area contributed by atoms with E-state index >= 15 is 0 Å². The highest BCUT2D eigenvalue weighted by Gasteiger charge is 2.27. The Bertz CT molecular complexity index is 651. The molecule has 112 valence electrons. The van der Waals surface area contributed by atoms with Crippen molar-refractivity contribution in [1.29, 1.82) is 0 Å². The van der Waals surface area contributed by atoms with Crippen molar-refractivity contribution in [2.24, 2.45) is 0 Å². The average Bonchev–Trinajstić information content (AvgIpc) is 3.17. The number of aromatic nitrogens is 4. The van der Waals surface area contributed by atoms with E-state index in [-0.39, 0.29) is 0 Å². The van der Waals surface area contributed by atoms with E-state index < -0.39 is 0 Å². The number of hydrogen-bond acceptors (Lipinski definition) is 5. The van der Waals surface area contributed by atoms with Gasteiger partial charge in [0.1, 0.15) is 18.0 Å². The van der Waals surface area contributed by atoms with Gasteiger partial charge in [-0.25, -0.2) is 0 Å². The molecule has 2 saturated heterocycles. The van der Waals surface area contributed by atoms with E-state index in [4.69, 9.17) is 4.98 Å². The summed E-state index contributed by atoms with van der Waals surface area (Å²) in [5, 5.41) is 4.37. The fourth-order valence-corrected chi connectivity index (χ4v) is 3.68. The maximum Gasteiger partial charge on any atom is 0.256 e. The molecule has 0 aliphatic carbocycles. The lowest BCUT2D eigenvalue weighted by Gasteiger charge is -2.27. The minimum absolute atomic E-state index is 0.559. The Morgan fingerprint density at radius 2 is 1.76 bits per heavy atom. The Hall–Kier alpha value is -1.85. The zero-order valence-corrected chi connectivity index (χ0v) is 12.7. The molecule has 6 heteroatoms. The number of fused-ring (bicyclic) bond motifs is 1. The van der Waals surface area contributed by atoms with Gasteiger partial charge in [0.15, 0.2) is 0 Å². The molecule has 0 unspecified atom stereocenters. The third-order valence-corrected chi connectivity index (χ3v) is 4.91. The molecule has 0 bridgehead atoms. The zero-order chi connectivity index (χ0) is 14.4. The van der Waals surface area contributed by atoms with Gasteiger partial charge >= 0.3 is 0 Å². The first-order chi connectivity index (χ1) is 10.2. The maximum atomic E-state index is 4.71. The van der Waals surface area contributed by atoms with Crippen LogP contribution in [0.25, 0.3) is 5.78 Å². The first-order valence-electron chi connectivity index (χ1n) is 7.98. The molecule has 2 aromatic heterocycles. The third kappa shape index (κ3) is 2.04. The van der Waals surface area contributed by atoms with Crippen molar-refractivity contribution in [3.8, 4) is 0 Å². The van der Waals surface area contributed by atoms with Crippen LogP contribution in [0.15, 0.2) is 12.4 Å². The Morgan fingerprint density at radius 3 is 2.43 bits per heavy atom. The van der Waals surface area contributed by atoms with Gasteiger partial charge in [-0.05, 0) is 39.5 Å². The molecule has 2 fully saturated rings. The molecular weight excluding hydrogens is 264 g/mol. The van der Waals surface area contributed by atoms with Gasteiger partial charge in [-0.15, -0.1) is 0 Å². The van der Waals surface area contributed by atoms with E-state index in [1.165, 1.54) is 25.7 Å². The lowest BCUT2D eigenvalue weighted by molar-refractivity contribution is 0.704. The summed E-state index contributed by atoms with van der Waals surface area (Å²) in [6.45, 7) is 6.75. The fourth-order valence-electron chi connectivity index (χ4n) is 3.68. The monoisotopic (exact) mass is 286 g/mol. The Kier molecular flexibility index (Phi) is 2.97. The second kappa shape index (κ2) is 4.86. The van der Waals surface area contributed by atoms with Gasteiger partial charge in [-0.1, -0.05) is 0 Å². The van der Waals surface area contributed by atoms with Gasteiger partial charge < -0.3 is 9.80 Å². The summed E-state index contributed by atoms with van der Waals surface area (Å²) in [5.74, 6) is 2.90. The van der Waals surface area contributed by atoms with Crippen LogP contribution in [0.1, 0.15) is 39.5 Å². The van der Waals surface area contributed by atoms with Gasteiger partial charge in [0, 0.05) is 31.2 Å². The predicted octanol–water partition coefficient (Wildman–Crippen LogP) is 2.10. The Balaban J connectivity index is 1.82. The van der Waals surface area contributed by atoms with E-state index in [2.05, 4.69) is 39.8 Å². The summed E-state index contributed by atoms with van der Waals surface area (Å²) in [4.78, 5) is 13.9. The molecule has 0 radical (unpaired) electrons. The van der Waals surface area contributed by atoms with E-state index in [1.54, 1.807) is 6.33 Å². The Labute approximate surface area is 124 Å². The summed E-state index contributed by atoms with van der Waals surface area (Å²) < 4.78 is 1.88. The molecule has 2 aliphatic heterocycles. The third-order valence-electron chi connectivity index (χ3n) is 4.91. The quantitative estimate of drug-likeness (QED) is 0.846. The van der Waals surface area contributed by atoms with Crippen LogP contribution in [-0.2, 0) is 0 Å². The van der Waals surface area contributed by atoms with Gasteiger partial charge in [0.05, 0.1) is 0 Å². The van der Waals surface area contributed by atoms with Crippen molar-refractivity contribution in [3.05, 3.63) is 12.4 Å². The summed E-state index contributed by atoms with van der Waals surface area (Å²) >= 11 is 0. The largest absolute Gasteiger partial charge is 0.354 e. The van der Waals surface area contributed by atoms with Crippen molar-refractivity contribution in [2.75, 3.05) is 22.9 Å². The molecule has 0 N–H and O–H groups in total. The molecule has 21 heavy (non-hydrogen) atoms. The SMILES string of the molecule is C[C@@H]1CCCN1c1cc(N2CCC[C@H]2C)n2ncnc2n1. The molecule has 2 atom stereocenters. The van der Waals surface area contributed by atoms with Gasteiger partial charge in [0.2, 0.25) is 0 Å². The van der Waals surface area contributed by atoms with E-state index in [9.17, 15) is 0 Å². The van der Waals surface area contributed by atoms with E-state index in [0.29, 0.717) is 17.9 Å². The molecule has 0 spiro atoms. The van der Waals surface area contributed by atoms with Crippen molar-refractivity contribution < 1.29 is 0 Å². The number of anilines is 2.